The van der Waals surface area contributed by atoms with Crippen LogP contribution in [-0.4, -0.2) is 26.3 Å². The molecular weight excluding hydrogens is 284 g/mol. The number of allylic oxidation sites excluding steroid dienone is 1. The summed E-state index contributed by atoms with van der Waals surface area (Å²) in [5.74, 6) is 0.467. The summed E-state index contributed by atoms with van der Waals surface area (Å²) < 4.78 is 15.6. The van der Waals surface area contributed by atoms with Crippen LogP contribution < -0.4 is 9.47 Å². The van der Waals surface area contributed by atoms with Crippen LogP contribution in [0.5, 0.6) is 11.5 Å². The molecule has 114 valence electrons. The molecule has 0 spiro atoms. The third kappa shape index (κ3) is 4.84. The smallest absolute Gasteiger partial charge is 0.309 e. The number of methoxy groups -OCH3 is 1. The van der Waals surface area contributed by atoms with Crippen LogP contribution in [0.25, 0.3) is 6.08 Å². The minimum absolute atomic E-state index is 0.0523. The minimum atomic E-state index is -0.357. The fourth-order valence-corrected chi connectivity index (χ4v) is 1.68. The Morgan fingerprint density at radius 2 is 2.05 bits per heavy atom. The van der Waals surface area contributed by atoms with Gasteiger partial charge in [-0.15, -0.1) is 0 Å². The first kappa shape index (κ1) is 17.1. The molecule has 22 heavy (non-hydrogen) atoms. The number of para-hydroxylation sites is 1. The summed E-state index contributed by atoms with van der Waals surface area (Å²) >= 11 is 0. The first-order valence-corrected chi connectivity index (χ1v) is 6.63. The monoisotopic (exact) mass is 300 g/mol. The lowest BCUT2D eigenvalue weighted by molar-refractivity contribution is -0.143. The molecule has 0 bridgehead atoms. The van der Waals surface area contributed by atoms with E-state index in [1.807, 2.05) is 0 Å². The van der Waals surface area contributed by atoms with E-state index >= 15 is 0 Å². The summed E-state index contributed by atoms with van der Waals surface area (Å²) in [7, 11) is 1.48. The van der Waals surface area contributed by atoms with Crippen LogP contribution in [0.4, 0.5) is 0 Å². The number of carbonyl (C=O) groups is 1. The minimum Gasteiger partial charge on any atom is -0.493 e. The number of nitrogens with zero attached hydrogens (tertiary/aromatic N) is 2. The number of benzene rings is 1. The molecule has 0 N–H and O–H groups in total. The highest BCUT2D eigenvalue weighted by atomic mass is 16.5. The Labute approximate surface area is 129 Å². The van der Waals surface area contributed by atoms with E-state index in [0.29, 0.717) is 23.7 Å². The molecule has 0 aliphatic heterocycles. The SMILES string of the molecule is CCOC(=O)CCOc1c(C=C(C#N)C#N)cccc1OC. The van der Waals surface area contributed by atoms with Gasteiger partial charge >= 0.3 is 5.97 Å². The second kappa shape index (κ2) is 9.04. The van der Waals surface area contributed by atoms with Gasteiger partial charge in [-0.05, 0) is 19.1 Å². The van der Waals surface area contributed by atoms with Crippen LogP contribution >= 0.6 is 0 Å². The predicted octanol–water partition coefficient (Wildman–Crippen LogP) is 2.46. The van der Waals surface area contributed by atoms with Gasteiger partial charge in [-0.25, -0.2) is 0 Å². The average Bonchev–Trinajstić information content (AvgIpc) is 2.53. The molecule has 0 unspecified atom stereocenters. The van der Waals surface area contributed by atoms with Gasteiger partial charge in [0.2, 0.25) is 0 Å². The summed E-state index contributed by atoms with van der Waals surface area (Å²) in [5, 5.41) is 17.7. The lowest BCUT2D eigenvalue weighted by atomic mass is 10.1. The van der Waals surface area contributed by atoms with Gasteiger partial charge in [0.05, 0.1) is 26.7 Å². The van der Waals surface area contributed by atoms with E-state index in [4.69, 9.17) is 24.7 Å². The molecular formula is C16H16N2O4. The number of carbonyl (C=O) groups excluding carboxylic acids is 1. The summed E-state index contributed by atoms with van der Waals surface area (Å²) in [6.07, 6.45) is 1.50. The van der Waals surface area contributed by atoms with E-state index in [-0.39, 0.29) is 24.6 Å². The average molecular weight is 300 g/mol. The van der Waals surface area contributed by atoms with Gasteiger partial charge in [-0.2, -0.15) is 10.5 Å². The van der Waals surface area contributed by atoms with Crippen LogP contribution in [0, 0.1) is 22.7 Å². The van der Waals surface area contributed by atoms with Crippen LogP contribution in [0.1, 0.15) is 18.9 Å². The van der Waals surface area contributed by atoms with E-state index < -0.39 is 0 Å². The summed E-state index contributed by atoms with van der Waals surface area (Å²) in [6, 6.07) is 8.67. The fraction of sp³-hybridized carbons (Fsp3) is 0.312. The van der Waals surface area contributed by atoms with Crippen LogP contribution in [0.15, 0.2) is 23.8 Å². The van der Waals surface area contributed by atoms with E-state index in [1.165, 1.54) is 13.2 Å². The number of hydrogen-bond donors (Lipinski definition) is 0. The van der Waals surface area contributed by atoms with E-state index in [0.717, 1.165) is 0 Å². The molecule has 1 aromatic carbocycles. The molecule has 0 aliphatic carbocycles. The quantitative estimate of drug-likeness (QED) is 0.567. The number of ether oxygens (including phenoxy) is 3. The number of esters is 1. The van der Waals surface area contributed by atoms with Gasteiger partial charge in [-0.3, -0.25) is 4.79 Å². The van der Waals surface area contributed by atoms with Gasteiger partial charge in [0.25, 0.3) is 0 Å². The lowest BCUT2D eigenvalue weighted by Gasteiger charge is -2.13. The van der Waals surface area contributed by atoms with Crippen molar-refractivity contribution in [3.8, 4) is 23.6 Å². The topological polar surface area (TPSA) is 92.3 Å². The van der Waals surface area contributed by atoms with Crippen molar-refractivity contribution in [2.45, 2.75) is 13.3 Å². The Hall–Kier alpha value is -2.99. The van der Waals surface area contributed by atoms with E-state index in [1.54, 1.807) is 37.3 Å². The summed E-state index contributed by atoms with van der Waals surface area (Å²) in [4.78, 5) is 11.3. The van der Waals surface area contributed by atoms with E-state index in [9.17, 15) is 4.79 Å². The molecule has 0 heterocycles. The molecule has 0 radical (unpaired) electrons. The third-order valence-electron chi connectivity index (χ3n) is 2.63. The standard InChI is InChI=1S/C16H16N2O4/c1-3-21-15(19)7-8-22-16-13(9-12(10-17)11-18)5-4-6-14(16)20-2/h4-6,9H,3,7-8H2,1-2H3. The van der Waals surface area contributed by atoms with Crippen molar-refractivity contribution in [1.29, 1.82) is 10.5 Å². The molecule has 1 aromatic rings. The van der Waals surface area contributed by atoms with Crippen molar-refractivity contribution in [3.63, 3.8) is 0 Å². The molecule has 0 saturated carbocycles. The largest absolute Gasteiger partial charge is 0.493 e. The maximum Gasteiger partial charge on any atom is 0.309 e. The Bertz CT molecular complexity index is 623. The van der Waals surface area contributed by atoms with Crippen molar-refractivity contribution in [1.82, 2.24) is 0 Å². The van der Waals surface area contributed by atoms with Crippen molar-refractivity contribution < 1.29 is 19.0 Å². The van der Waals surface area contributed by atoms with Gasteiger partial charge in [0.15, 0.2) is 11.5 Å². The van der Waals surface area contributed by atoms with Crippen LogP contribution in [0.3, 0.4) is 0 Å². The summed E-state index contributed by atoms with van der Waals surface area (Å²) in [6.45, 7) is 2.15. The van der Waals surface area contributed by atoms with Gasteiger partial charge in [0.1, 0.15) is 17.7 Å². The van der Waals surface area contributed by atoms with Crippen molar-refractivity contribution in [2.75, 3.05) is 20.3 Å². The van der Waals surface area contributed by atoms with Crippen molar-refractivity contribution in [3.05, 3.63) is 29.3 Å². The lowest BCUT2D eigenvalue weighted by Crippen LogP contribution is -2.10. The molecule has 0 aliphatic rings. The highest BCUT2D eigenvalue weighted by molar-refractivity contribution is 5.70. The maximum absolute atomic E-state index is 11.3. The molecule has 0 atom stereocenters. The molecule has 1 rings (SSSR count). The maximum atomic E-state index is 11.3. The van der Waals surface area contributed by atoms with Gasteiger partial charge < -0.3 is 14.2 Å². The number of hydrogen-bond acceptors (Lipinski definition) is 6. The summed E-state index contributed by atoms with van der Waals surface area (Å²) in [5.41, 5.74) is 0.477. The molecule has 6 nitrogen and oxygen atoms in total. The van der Waals surface area contributed by atoms with Crippen molar-refractivity contribution in [2.24, 2.45) is 0 Å². The van der Waals surface area contributed by atoms with Crippen LogP contribution in [0.2, 0.25) is 0 Å². The normalized spacial score (nSPS) is 9.09. The Morgan fingerprint density at radius 3 is 2.64 bits per heavy atom. The Kier molecular flexibility index (Phi) is 7.01. The Balaban J connectivity index is 2.96. The zero-order valence-electron chi connectivity index (χ0n) is 12.5. The molecule has 0 fully saturated rings. The molecule has 0 amide bonds. The zero-order valence-corrected chi connectivity index (χ0v) is 12.5. The number of nitriles is 2. The van der Waals surface area contributed by atoms with Gasteiger partial charge in [-0.1, -0.05) is 12.1 Å². The highest BCUT2D eigenvalue weighted by Crippen LogP contribution is 2.32. The molecule has 0 aromatic heterocycles. The number of rotatable bonds is 7. The second-order valence-electron chi connectivity index (χ2n) is 4.06. The third-order valence-corrected chi connectivity index (χ3v) is 2.63. The van der Waals surface area contributed by atoms with Gasteiger partial charge in [0, 0.05) is 5.56 Å². The molecule has 6 heteroatoms. The zero-order chi connectivity index (χ0) is 16.4. The molecule has 0 saturated heterocycles. The van der Waals surface area contributed by atoms with E-state index in [2.05, 4.69) is 0 Å². The first-order chi connectivity index (χ1) is 10.7. The Morgan fingerprint density at radius 1 is 1.32 bits per heavy atom. The van der Waals surface area contributed by atoms with Crippen molar-refractivity contribution >= 4 is 12.0 Å². The fourth-order valence-electron chi connectivity index (χ4n) is 1.68. The second-order valence-corrected chi connectivity index (χ2v) is 4.06. The predicted molar refractivity (Wildman–Crippen MR) is 78.9 cm³/mol. The van der Waals surface area contributed by atoms with Crippen LogP contribution in [-0.2, 0) is 9.53 Å². The first-order valence-electron chi connectivity index (χ1n) is 6.63. The highest BCUT2D eigenvalue weighted by Gasteiger charge is 2.11.